The third kappa shape index (κ3) is 2.95. The Balaban J connectivity index is 2.53. The fourth-order valence-corrected chi connectivity index (χ4v) is 2.95. The quantitative estimate of drug-likeness (QED) is 0.692. The van der Waals surface area contributed by atoms with Gasteiger partial charge in [-0.3, -0.25) is 4.90 Å². The molecule has 1 aliphatic rings. The first kappa shape index (κ1) is 11.5. The van der Waals surface area contributed by atoms with E-state index in [1.165, 1.54) is 32.2 Å². The van der Waals surface area contributed by atoms with E-state index >= 15 is 0 Å². The van der Waals surface area contributed by atoms with Crippen LogP contribution in [0.2, 0.25) is 0 Å². The van der Waals surface area contributed by atoms with Crippen LogP contribution in [0, 0.1) is 0 Å². The van der Waals surface area contributed by atoms with E-state index in [1.807, 2.05) is 0 Å². The number of piperidine rings is 1. The van der Waals surface area contributed by atoms with Gasteiger partial charge in [-0.1, -0.05) is 29.8 Å². The molecule has 0 amide bonds. The number of nitrogens with zero attached hydrogens (tertiary/aromatic N) is 1. The Kier molecular flexibility index (Phi) is 4.74. The van der Waals surface area contributed by atoms with Crippen LogP contribution in [0.1, 0.15) is 46.5 Å². The third-order valence-electron chi connectivity index (χ3n) is 3.28. The number of halogens is 1. The van der Waals surface area contributed by atoms with Gasteiger partial charge < -0.3 is 0 Å². The molecule has 2 heteroatoms. The van der Waals surface area contributed by atoms with Crippen LogP contribution in [0.15, 0.2) is 0 Å². The monoisotopic (exact) mass is 247 g/mol. The van der Waals surface area contributed by atoms with Crippen molar-refractivity contribution in [3.05, 3.63) is 0 Å². The highest BCUT2D eigenvalue weighted by atomic mass is 79.9. The lowest BCUT2D eigenvalue weighted by Gasteiger charge is -2.41. The lowest BCUT2D eigenvalue weighted by atomic mass is 9.99. The number of alkyl halides is 1. The molecule has 0 aliphatic carbocycles. The van der Waals surface area contributed by atoms with Crippen molar-refractivity contribution in [2.45, 2.75) is 63.4 Å². The Morgan fingerprint density at radius 3 is 2.46 bits per heavy atom. The molecular formula is C11H22BrN. The third-order valence-corrected chi connectivity index (χ3v) is 4.03. The van der Waals surface area contributed by atoms with E-state index in [1.54, 1.807) is 0 Å². The predicted molar refractivity (Wildman–Crippen MR) is 62.5 cm³/mol. The second-order valence-electron chi connectivity index (χ2n) is 4.19. The van der Waals surface area contributed by atoms with Crippen LogP contribution in [-0.2, 0) is 0 Å². The Bertz CT molecular complexity index is 145. The van der Waals surface area contributed by atoms with Gasteiger partial charge in [-0.05, 0) is 32.6 Å². The highest BCUT2D eigenvalue weighted by Gasteiger charge is 2.27. The minimum absolute atomic E-state index is 0.726. The minimum atomic E-state index is 0.726. The lowest BCUT2D eigenvalue weighted by molar-refractivity contribution is 0.104. The summed E-state index contributed by atoms with van der Waals surface area (Å²) in [7, 11) is 0. The van der Waals surface area contributed by atoms with Crippen LogP contribution in [0.25, 0.3) is 0 Å². The summed E-state index contributed by atoms with van der Waals surface area (Å²) in [6, 6.07) is 1.59. The molecule has 0 aromatic heterocycles. The van der Waals surface area contributed by atoms with Crippen molar-refractivity contribution in [1.82, 2.24) is 4.90 Å². The summed E-state index contributed by atoms with van der Waals surface area (Å²) >= 11 is 3.74. The predicted octanol–water partition coefficient (Wildman–Crippen LogP) is 3.42. The van der Waals surface area contributed by atoms with Crippen molar-refractivity contribution < 1.29 is 0 Å². The Labute approximate surface area is 91.0 Å². The Morgan fingerprint density at radius 1 is 1.31 bits per heavy atom. The van der Waals surface area contributed by atoms with E-state index in [0.717, 1.165) is 16.9 Å². The molecule has 2 unspecified atom stereocenters. The van der Waals surface area contributed by atoms with Gasteiger partial charge in [0.15, 0.2) is 0 Å². The van der Waals surface area contributed by atoms with E-state index in [9.17, 15) is 0 Å². The second-order valence-corrected chi connectivity index (χ2v) is 5.49. The molecule has 13 heavy (non-hydrogen) atoms. The van der Waals surface area contributed by atoms with E-state index in [-0.39, 0.29) is 0 Å². The summed E-state index contributed by atoms with van der Waals surface area (Å²) in [4.78, 5) is 3.41. The molecule has 0 aromatic rings. The smallest absolute Gasteiger partial charge is 0.0274 e. The van der Waals surface area contributed by atoms with Gasteiger partial charge in [0.2, 0.25) is 0 Å². The highest BCUT2D eigenvalue weighted by molar-refractivity contribution is 9.09. The summed E-state index contributed by atoms with van der Waals surface area (Å²) in [5, 5.41) is 0. The molecule has 0 spiro atoms. The second kappa shape index (κ2) is 5.35. The largest absolute Gasteiger partial charge is 0.297 e. The first-order chi connectivity index (χ1) is 6.19. The number of hydrogen-bond donors (Lipinski definition) is 0. The van der Waals surface area contributed by atoms with Crippen LogP contribution >= 0.6 is 15.9 Å². The molecule has 0 saturated carbocycles. The minimum Gasteiger partial charge on any atom is -0.297 e. The topological polar surface area (TPSA) is 3.24 Å². The maximum atomic E-state index is 3.74. The number of hydrogen-bond acceptors (Lipinski definition) is 1. The molecule has 1 heterocycles. The zero-order valence-electron chi connectivity index (χ0n) is 9.09. The fraction of sp³-hybridized carbons (Fsp3) is 1.00. The molecule has 78 valence electrons. The van der Waals surface area contributed by atoms with Crippen molar-refractivity contribution in [3.63, 3.8) is 0 Å². The summed E-state index contributed by atoms with van der Waals surface area (Å²) in [6.07, 6.45) is 5.28. The highest BCUT2D eigenvalue weighted by Crippen LogP contribution is 2.25. The normalized spacial score (nSPS) is 31.2. The lowest BCUT2D eigenvalue weighted by Crippen LogP contribution is -2.47. The fourth-order valence-electron chi connectivity index (χ4n) is 2.35. The van der Waals surface area contributed by atoms with E-state index in [2.05, 4.69) is 41.6 Å². The van der Waals surface area contributed by atoms with Crippen molar-refractivity contribution in [1.29, 1.82) is 0 Å². The molecule has 1 fully saturated rings. The first-order valence-corrected chi connectivity index (χ1v) is 6.50. The van der Waals surface area contributed by atoms with Gasteiger partial charge in [0.05, 0.1) is 0 Å². The van der Waals surface area contributed by atoms with E-state index in [0.29, 0.717) is 0 Å². The average Bonchev–Trinajstić information content (AvgIpc) is 2.13. The van der Waals surface area contributed by atoms with Crippen molar-refractivity contribution in [3.8, 4) is 0 Å². The Hall–Kier alpha value is 0.440. The standard InChI is InChI=1S/C11H22BrN/c1-4-11(5-2)13-8-10(12)7-6-9(13)3/h9-11H,4-8H2,1-3H3. The van der Waals surface area contributed by atoms with E-state index in [4.69, 9.17) is 0 Å². The van der Waals surface area contributed by atoms with Crippen molar-refractivity contribution >= 4 is 15.9 Å². The van der Waals surface area contributed by atoms with E-state index < -0.39 is 0 Å². The molecule has 1 aliphatic heterocycles. The Morgan fingerprint density at radius 2 is 1.92 bits per heavy atom. The summed E-state index contributed by atoms with van der Waals surface area (Å²) < 4.78 is 0. The van der Waals surface area contributed by atoms with Gasteiger partial charge in [-0.25, -0.2) is 0 Å². The molecule has 0 N–H and O–H groups in total. The van der Waals surface area contributed by atoms with Gasteiger partial charge in [-0.15, -0.1) is 0 Å². The SMILES string of the molecule is CCC(CC)N1CC(Br)CCC1C. The van der Waals surface area contributed by atoms with Gasteiger partial charge in [0.1, 0.15) is 0 Å². The summed E-state index contributed by atoms with van der Waals surface area (Å²) in [5.41, 5.74) is 0. The summed E-state index contributed by atoms with van der Waals surface area (Å²) in [6.45, 7) is 8.22. The molecular weight excluding hydrogens is 226 g/mol. The van der Waals surface area contributed by atoms with Gasteiger partial charge in [-0.2, -0.15) is 0 Å². The van der Waals surface area contributed by atoms with Gasteiger partial charge in [0.25, 0.3) is 0 Å². The molecule has 0 aromatic carbocycles. The van der Waals surface area contributed by atoms with Crippen LogP contribution in [0.3, 0.4) is 0 Å². The van der Waals surface area contributed by atoms with Gasteiger partial charge in [0, 0.05) is 23.5 Å². The average molecular weight is 248 g/mol. The van der Waals surface area contributed by atoms with Gasteiger partial charge >= 0.3 is 0 Å². The molecule has 1 saturated heterocycles. The van der Waals surface area contributed by atoms with Crippen molar-refractivity contribution in [2.75, 3.05) is 6.54 Å². The number of likely N-dealkylation sites (tertiary alicyclic amines) is 1. The summed E-state index contributed by atoms with van der Waals surface area (Å²) in [5.74, 6) is 0. The molecule has 1 rings (SSSR count). The molecule has 1 nitrogen and oxygen atoms in total. The van der Waals surface area contributed by atoms with Crippen LogP contribution in [0.5, 0.6) is 0 Å². The van der Waals surface area contributed by atoms with Crippen LogP contribution in [-0.4, -0.2) is 28.4 Å². The molecule has 0 bridgehead atoms. The number of rotatable bonds is 3. The first-order valence-electron chi connectivity index (χ1n) is 5.58. The maximum Gasteiger partial charge on any atom is 0.0274 e. The molecule has 0 radical (unpaired) electrons. The zero-order chi connectivity index (χ0) is 9.84. The van der Waals surface area contributed by atoms with Crippen LogP contribution in [0.4, 0.5) is 0 Å². The zero-order valence-corrected chi connectivity index (χ0v) is 10.7. The van der Waals surface area contributed by atoms with Crippen LogP contribution < -0.4 is 0 Å². The molecule has 2 atom stereocenters. The maximum absolute atomic E-state index is 3.74. The van der Waals surface area contributed by atoms with Crippen molar-refractivity contribution in [2.24, 2.45) is 0 Å².